The Labute approximate surface area is 130 Å². The van der Waals surface area contributed by atoms with Crippen molar-refractivity contribution in [3.05, 3.63) is 45.9 Å². The van der Waals surface area contributed by atoms with E-state index >= 15 is 0 Å². The molecule has 1 aromatic carbocycles. The van der Waals surface area contributed by atoms with Crippen molar-refractivity contribution in [1.82, 2.24) is 4.98 Å². The van der Waals surface area contributed by atoms with Crippen LogP contribution in [0.4, 0.5) is 5.69 Å². The highest BCUT2D eigenvalue weighted by molar-refractivity contribution is 7.11. The zero-order valence-corrected chi connectivity index (χ0v) is 13.0. The van der Waals surface area contributed by atoms with Crippen molar-refractivity contribution < 1.29 is 5.11 Å². The van der Waals surface area contributed by atoms with Crippen LogP contribution in [-0.2, 0) is 13.0 Å². The molecule has 0 saturated heterocycles. The molecule has 0 amide bonds. The van der Waals surface area contributed by atoms with Gasteiger partial charge in [0.25, 0.3) is 0 Å². The molecule has 1 saturated carbocycles. The molecule has 4 heteroatoms. The first-order valence-electron chi connectivity index (χ1n) is 7.73. The van der Waals surface area contributed by atoms with Crippen molar-refractivity contribution in [3.63, 3.8) is 0 Å². The average Bonchev–Trinajstić information content (AvgIpc) is 3.18. The minimum atomic E-state index is 0.206. The molecule has 2 N–H and O–H groups in total. The van der Waals surface area contributed by atoms with Gasteiger partial charge in [-0.05, 0) is 37.0 Å². The van der Waals surface area contributed by atoms with Crippen molar-refractivity contribution in [2.45, 2.75) is 44.6 Å². The Hall–Kier alpha value is -1.39. The molecule has 1 fully saturated rings. The highest BCUT2D eigenvalue weighted by Gasteiger charge is 2.19. The molecule has 0 spiro atoms. The summed E-state index contributed by atoms with van der Waals surface area (Å²) in [6.07, 6.45) is 8.08. The zero-order chi connectivity index (χ0) is 14.5. The number of hydrogen-bond donors (Lipinski definition) is 2. The molecule has 1 aliphatic rings. The van der Waals surface area contributed by atoms with Gasteiger partial charge in [0.2, 0.25) is 0 Å². The Balaban J connectivity index is 1.54. The van der Waals surface area contributed by atoms with Crippen LogP contribution in [0.5, 0.6) is 0 Å². The van der Waals surface area contributed by atoms with Gasteiger partial charge in [-0.3, -0.25) is 0 Å². The van der Waals surface area contributed by atoms with Crippen LogP contribution in [-0.4, -0.2) is 16.7 Å². The quantitative estimate of drug-likeness (QED) is 0.849. The van der Waals surface area contributed by atoms with Crippen LogP contribution in [0.15, 0.2) is 30.5 Å². The minimum Gasteiger partial charge on any atom is -0.396 e. The summed E-state index contributed by atoms with van der Waals surface area (Å²) in [5.74, 6) is 0.710. The fourth-order valence-electron chi connectivity index (χ4n) is 2.87. The molecule has 2 aromatic rings. The summed E-state index contributed by atoms with van der Waals surface area (Å²) in [6.45, 7) is 1.04. The number of aliphatic hydroxyl groups is 1. The van der Waals surface area contributed by atoms with Gasteiger partial charge in [-0.15, -0.1) is 11.3 Å². The fraction of sp³-hybridized carbons (Fsp3) is 0.471. The summed E-state index contributed by atoms with van der Waals surface area (Å²) in [5.41, 5.74) is 2.29. The van der Waals surface area contributed by atoms with E-state index in [1.165, 1.54) is 41.1 Å². The summed E-state index contributed by atoms with van der Waals surface area (Å²) in [6, 6.07) is 8.28. The Morgan fingerprint density at radius 3 is 2.67 bits per heavy atom. The third kappa shape index (κ3) is 3.83. The number of benzene rings is 1. The van der Waals surface area contributed by atoms with Gasteiger partial charge in [0.1, 0.15) is 0 Å². The van der Waals surface area contributed by atoms with E-state index in [4.69, 9.17) is 5.11 Å². The third-order valence-electron chi connectivity index (χ3n) is 4.10. The van der Waals surface area contributed by atoms with Gasteiger partial charge in [0.15, 0.2) is 0 Å². The van der Waals surface area contributed by atoms with Gasteiger partial charge < -0.3 is 10.4 Å². The summed E-state index contributed by atoms with van der Waals surface area (Å²) < 4.78 is 0. The van der Waals surface area contributed by atoms with Crippen LogP contribution in [0.3, 0.4) is 0 Å². The first-order valence-corrected chi connectivity index (χ1v) is 8.55. The third-order valence-corrected chi connectivity index (χ3v) is 5.26. The first kappa shape index (κ1) is 14.5. The highest BCUT2D eigenvalue weighted by Crippen LogP contribution is 2.36. The topological polar surface area (TPSA) is 45.1 Å². The zero-order valence-electron chi connectivity index (χ0n) is 12.2. The van der Waals surface area contributed by atoms with Crippen LogP contribution >= 0.6 is 11.3 Å². The van der Waals surface area contributed by atoms with Gasteiger partial charge in [0.05, 0.1) is 11.6 Å². The largest absolute Gasteiger partial charge is 0.396 e. The van der Waals surface area contributed by atoms with E-state index in [-0.39, 0.29) is 6.61 Å². The van der Waals surface area contributed by atoms with E-state index in [0.717, 1.165) is 18.7 Å². The number of nitrogens with zero attached hydrogens (tertiary/aromatic N) is 1. The maximum absolute atomic E-state index is 8.91. The summed E-state index contributed by atoms with van der Waals surface area (Å²) >= 11 is 1.85. The standard InChI is InChI=1S/C17H22N2OS/c20-10-9-13-5-7-15(8-6-13)18-11-16-12-19-17(21-16)14-3-1-2-4-14/h5-8,12,14,18,20H,1-4,9-11H2. The number of rotatable bonds is 6. The highest BCUT2D eigenvalue weighted by atomic mass is 32.1. The maximum atomic E-state index is 8.91. The monoisotopic (exact) mass is 302 g/mol. The SMILES string of the molecule is OCCc1ccc(NCc2cnc(C3CCCC3)s2)cc1. The molecular weight excluding hydrogens is 280 g/mol. The van der Waals surface area contributed by atoms with Crippen LogP contribution in [0.1, 0.15) is 47.0 Å². The smallest absolute Gasteiger partial charge is 0.0959 e. The molecule has 0 radical (unpaired) electrons. The number of hydrogen-bond acceptors (Lipinski definition) is 4. The Bertz CT molecular complexity index is 558. The van der Waals surface area contributed by atoms with E-state index in [1.807, 2.05) is 17.5 Å². The van der Waals surface area contributed by atoms with Gasteiger partial charge >= 0.3 is 0 Å². The molecule has 0 bridgehead atoms. The number of anilines is 1. The Kier molecular flexibility index (Phi) is 4.88. The van der Waals surface area contributed by atoms with Gasteiger partial charge in [-0.1, -0.05) is 25.0 Å². The average molecular weight is 302 g/mol. The van der Waals surface area contributed by atoms with E-state index in [1.54, 1.807) is 0 Å². The lowest BCUT2D eigenvalue weighted by atomic mass is 10.1. The van der Waals surface area contributed by atoms with Crippen LogP contribution < -0.4 is 5.32 Å². The fourth-order valence-corrected chi connectivity index (χ4v) is 3.90. The lowest BCUT2D eigenvalue weighted by Gasteiger charge is -2.06. The predicted octanol–water partition coefficient (Wildman–Crippen LogP) is 3.95. The molecule has 1 aliphatic carbocycles. The van der Waals surface area contributed by atoms with Crippen LogP contribution in [0.2, 0.25) is 0 Å². The molecule has 0 atom stereocenters. The van der Waals surface area contributed by atoms with Crippen molar-refractivity contribution in [3.8, 4) is 0 Å². The molecule has 1 aromatic heterocycles. The lowest BCUT2D eigenvalue weighted by Crippen LogP contribution is -1.98. The van der Waals surface area contributed by atoms with Crippen molar-refractivity contribution in [1.29, 1.82) is 0 Å². The normalized spacial score (nSPS) is 15.5. The lowest BCUT2D eigenvalue weighted by molar-refractivity contribution is 0.299. The van der Waals surface area contributed by atoms with E-state index in [0.29, 0.717) is 5.92 Å². The van der Waals surface area contributed by atoms with Gasteiger partial charge in [-0.2, -0.15) is 0 Å². The molecule has 0 aliphatic heterocycles. The first-order chi connectivity index (χ1) is 10.3. The van der Waals surface area contributed by atoms with Crippen LogP contribution in [0.25, 0.3) is 0 Å². The van der Waals surface area contributed by atoms with E-state index < -0.39 is 0 Å². The van der Waals surface area contributed by atoms with E-state index in [2.05, 4.69) is 34.6 Å². The molecule has 112 valence electrons. The Morgan fingerprint density at radius 2 is 1.95 bits per heavy atom. The number of aliphatic hydroxyl groups excluding tert-OH is 1. The maximum Gasteiger partial charge on any atom is 0.0959 e. The Morgan fingerprint density at radius 1 is 1.19 bits per heavy atom. The molecule has 3 nitrogen and oxygen atoms in total. The molecule has 21 heavy (non-hydrogen) atoms. The number of thiazole rings is 1. The van der Waals surface area contributed by atoms with Gasteiger partial charge in [0, 0.05) is 29.3 Å². The number of nitrogens with one attached hydrogen (secondary N) is 1. The van der Waals surface area contributed by atoms with Crippen molar-refractivity contribution in [2.24, 2.45) is 0 Å². The minimum absolute atomic E-state index is 0.206. The molecule has 3 rings (SSSR count). The summed E-state index contributed by atoms with van der Waals surface area (Å²) in [7, 11) is 0. The van der Waals surface area contributed by atoms with Crippen molar-refractivity contribution >= 4 is 17.0 Å². The molecule has 0 unspecified atom stereocenters. The molecule has 1 heterocycles. The van der Waals surface area contributed by atoms with Gasteiger partial charge in [-0.25, -0.2) is 4.98 Å². The number of aromatic nitrogens is 1. The second kappa shape index (κ2) is 7.05. The predicted molar refractivity (Wildman–Crippen MR) is 87.9 cm³/mol. The summed E-state index contributed by atoms with van der Waals surface area (Å²) in [4.78, 5) is 5.90. The summed E-state index contributed by atoms with van der Waals surface area (Å²) in [5, 5.41) is 13.7. The second-order valence-corrected chi connectivity index (χ2v) is 6.82. The van der Waals surface area contributed by atoms with Crippen molar-refractivity contribution in [2.75, 3.05) is 11.9 Å². The second-order valence-electron chi connectivity index (χ2n) is 5.67. The molecular formula is C17H22N2OS. The van der Waals surface area contributed by atoms with Crippen LogP contribution in [0, 0.1) is 0 Å². The van der Waals surface area contributed by atoms with E-state index in [9.17, 15) is 0 Å².